The molecule has 0 fully saturated rings. The van der Waals surface area contributed by atoms with E-state index in [9.17, 15) is 4.79 Å². The van der Waals surface area contributed by atoms with E-state index in [1.165, 1.54) is 6.20 Å². The van der Waals surface area contributed by atoms with Gasteiger partial charge in [-0.3, -0.25) is 4.79 Å². The summed E-state index contributed by atoms with van der Waals surface area (Å²) >= 11 is 12.4. The number of H-pyrrole nitrogens is 1. The third-order valence-electron chi connectivity index (χ3n) is 1.86. The summed E-state index contributed by atoms with van der Waals surface area (Å²) in [7, 11) is 0. The molecular formula is C9H4Br2ClNO. The molecule has 0 radical (unpaired) electrons. The van der Waals surface area contributed by atoms with Crippen molar-refractivity contribution >= 4 is 54.4 Å². The summed E-state index contributed by atoms with van der Waals surface area (Å²) in [5.74, 6) is 0. The molecule has 72 valence electrons. The van der Waals surface area contributed by atoms with Gasteiger partial charge in [0.2, 0.25) is 5.43 Å². The lowest BCUT2D eigenvalue weighted by atomic mass is 10.2. The molecule has 0 amide bonds. The molecule has 1 heterocycles. The molecule has 1 aromatic carbocycles. The molecule has 0 saturated carbocycles. The SMILES string of the molecule is O=c1c(Cl)c[nH]c2c(Br)cc(Br)cc12. The van der Waals surface area contributed by atoms with Crippen molar-refractivity contribution in [2.75, 3.05) is 0 Å². The fraction of sp³-hybridized carbons (Fsp3) is 0. The fourth-order valence-corrected chi connectivity index (χ4v) is 2.73. The van der Waals surface area contributed by atoms with Crippen molar-refractivity contribution < 1.29 is 0 Å². The number of fused-ring (bicyclic) bond motifs is 1. The van der Waals surface area contributed by atoms with Crippen molar-refractivity contribution in [2.45, 2.75) is 0 Å². The molecule has 1 N–H and O–H groups in total. The predicted molar refractivity (Wildman–Crippen MR) is 65.0 cm³/mol. The molecule has 0 aliphatic carbocycles. The molecule has 0 spiro atoms. The van der Waals surface area contributed by atoms with E-state index < -0.39 is 0 Å². The summed E-state index contributed by atoms with van der Waals surface area (Å²) in [6.07, 6.45) is 1.49. The lowest BCUT2D eigenvalue weighted by Crippen LogP contribution is -2.03. The molecule has 0 atom stereocenters. The zero-order valence-corrected chi connectivity index (χ0v) is 10.7. The number of aromatic nitrogens is 1. The van der Waals surface area contributed by atoms with Crippen LogP contribution in [-0.4, -0.2) is 4.98 Å². The van der Waals surface area contributed by atoms with Crippen LogP contribution in [-0.2, 0) is 0 Å². The van der Waals surface area contributed by atoms with Crippen LogP contribution in [0.4, 0.5) is 0 Å². The second-order valence-electron chi connectivity index (χ2n) is 2.78. The van der Waals surface area contributed by atoms with Crippen molar-refractivity contribution in [3.8, 4) is 0 Å². The van der Waals surface area contributed by atoms with Crippen molar-refractivity contribution in [3.63, 3.8) is 0 Å². The van der Waals surface area contributed by atoms with Crippen LogP contribution in [0, 0.1) is 0 Å². The highest BCUT2D eigenvalue weighted by Crippen LogP contribution is 2.25. The van der Waals surface area contributed by atoms with Gasteiger partial charge in [0.15, 0.2) is 0 Å². The van der Waals surface area contributed by atoms with Gasteiger partial charge >= 0.3 is 0 Å². The van der Waals surface area contributed by atoms with Gasteiger partial charge < -0.3 is 4.98 Å². The maximum atomic E-state index is 11.6. The second-order valence-corrected chi connectivity index (χ2v) is 4.95. The predicted octanol–water partition coefficient (Wildman–Crippen LogP) is 3.71. The van der Waals surface area contributed by atoms with E-state index >= 15 is 0 Å². The lowest BCUT2D eigenvalue weighted by molar-refractivity contribution is 1.38. The highest BCUT2D eigenvalue weighted by atomic mass is 79.9. The molecule has 5 heteroatoms. The third-order valence-corrected chi connectivity index (χ3v) is 3.22. The minimum Gasteiger partial charge on any atom is -0.359 e. The number of nitrogens with one attached hydrogen (secondary N) is 1. The summed E-state index contributed by atoms with van der Waals surface area (Å²) < 4.78 is 1.67. The van der Waals surface area contributed by atoms with Crippen LogP contribution in [0.25, 0.3) is 10.9 Å². The summed E-state index contributed by atoms with van der Waals surface area (Å²) in [5, 5.41) is 0.765. The quantitative estimate of drug-likeness (QED) is 0.781. The maximum absolute atomic E-state index is 11.6. The third kappa shape index (κ3) is 1.62. The van der Waals surface area contributed by atoms with Crippen LogP contribution in [0.5, 0.6) is 0 Å². The summed E-state index contributed by atoms with van der Waals surface area (Å²) in [4.78, 5) is 14.6. The first-order chi connectivity index (χ1) is 6.59. The molecule has 0 aliphatic heterocycles. The molecule has 1 aromatic heterocycles. The highest BCUT2D eigenvalue weighted by Gasteiger charge is 2.06. The fourth-order valence-electron chi connectivity index (χ4n) is 1.23. The molecule has 0 bridgehead atoms. The monoisotopic (exact) mass is 335 g/mol. The van der Waals surface area contributed by atoms with Crippen molar-refractivity contribution in [2.24, 2.45) is 0 Å². The zero-order chi connectivity index (χ0) is 10.3. The van der Waals surface area contributed by atoms with Gasteiger partial charge in [0.05, 0.1) is 5.52 Å². The highest BCUT2D eigenvalue weighted by molar-refractivity contribution is 9.11. The van der Waals surface area contributed by atoms with E-state index in [1.807, 2.05) is 6.07 Å². The topological polar surface area (TPSA) is 32.9 Å². The summed E-state index contributed by atoms with van der Waals surface area (Å²) in [6, 6.07) is 3.61. The Hall–Kier alpha value is -0.320. The first kappa shape index (κ1) is 10.2. The first-order valence-electron chi connectivity index (χ1n) is 3.75. The number of hydrogen-bond acceptors (Lipinski definition) is 1. The van der Waals surface area contributed by atoms with E-state index in [4.69, 9.17) is 11.6 Å². The van der Waals surface area contributed by atoms with E-state index in [-0.39, 0.29) is 10.5 Å². The molecule has 2 rings (SSSR count). The average Bonchev–Trinajstić information content (AvgIpc) is 2.12. The Kier molecular flexibility index (Phi) is 2.68. The number of halogens is 3. The molecule has 14 heavy (non-hydrogen) atoms. The second kappa shape index (κ2) is 3.68. The first-order valence-corrected chi connectivity index (χ1v) is 5.72. The van der Waals surface area contributed by atoms with Gasteiger partial charge in [0, 0.05) is 20.5 Å². The van der Waals surface area contributed by atoms with Gasteiger partial charge in [-0.2, -0.15) is 0 Å². The lowest BCUT2D eigenvalue weighted by Gasteiger charge is -2.01. The van der Waals surface area contributed by atoms with Gasteiger partial charge in [0.1, 0.15) is 5.02 Å². The maximum Gasteiger partial charge on any atom is 0.208 e. The van der Waals surface area contributed by atoms with E-state index in [2.05, 4.69) is 36.8 Å². The Morgan fingerprint density at radius 3 is 2.71 bits per heavy atom. The minimum atomic E-state index is -0.164. The minimum absolute atomic E-state index is 0.164. The molecular weight excluding hydrogens is 333 g/mol. The van der Waals surface area contributed by atoms with Gasteiger partial charge in [-0.1, -0.05) is 27.5 Å². The molecule has 0 aliphatic rings. The van der Waals surface area contributed by atoms with Gasteiger partial charge in [-0.05, 0) is 28.1 Å². The van der Waals surface area contributed by atoms with E-state index in [0.29, 0.717) is 5.39 Å². The largest absolute Gasteiger partial charge is 0.359 e. The zero-order valence-electron chi connectivity index (χ0n) is 6.77. The van der Waals surface area contributed by atoms with Gasteiger partial charge in [-0.25, -0.2) is 0 Å². The van der Waals surface area contributed by atoms with Crippen LogP contribution >= 0.6 is 43.5 Å². The standard InChI is InChI=1S/C9H4Br2ClNO/c10-4-1-5-8(6(11)2-4)13-3-7(12)9(5)14/h1-3H,(H,13,14). The molecule has 2 nitrogen and oxygen atoms in total. The van der Waals surface area contributed by atoms with Crippen LogP contribution in [0.1, 0.15) is 0 Å². The molecule has 0 saturated heterocycles. The molecule has 2 aromatic rings. The Morgan fingerprint density at radius 2 is 2.00 bits per heavy atom. The van der Waals surface area contributed by atoms with E-state index in [1.54, 1.807) is 6.07 Å². The Morgan fingerprint density at radius 1 is 1.29 bits per heavy atom. The van der Waals surface area contributed by atoms with Crippen molar-refractivity contribution in [3.05, 3.63) is 42.5 Å². The number of benzene rings is 1. The van der Waals surface area contributed by atoms with Crippen LogP contribution in [0.15, 0.2) is 32.1 Å². The number of rotatable bonds is 0. The molecule has 0 unspecified atom stereocenters. The van der Waals surface area contributed by atoms with Gasteiger partial charge in [0.25, 0.3) is 0 Å². The van der Waals surface area contributed by atoms with Crippen LogP contribution < -0.4 is 5.43 Å². The Balaban J connectivity index is 3.03. The van der Waals surface area contributed by atoms with Crippen molar-refractivity contribution in [1.82, 2.24) is 4.98 Å². The number of aromatic amines is 1. The van der Waals surface area contributed by atoms with Crippen molar-refractivity contribution in [1.29, 1.82) is 0 Å². The smallest absolute Gasteiger partial charge is 0.208 e. The average molecular weight is 337 g/mol. The van der Waals surface area contributed by atoms with Crippen LogP contribution in [0.3, 0.4) is 0 Å². The van der Waals surface area contributed by atoms with Gasteiger partial charge in [-0.15, -0.1) is 0 Å². The number of pyridine rings is 1. The van der Waals surface area contributed by atoms with E-state index in [0.717, 1.165) is 14.5 Å². The van der Waals surface area contributed by atoms with Crippen LogP contribution in [0.2, 0.25) is 5.02 Å². The Bertz CT molecular complexity index is 564. The summed E-state index contributed by atoms with van der Waals surface area (Å²) in [5.41, 5.74) is 0.588. The number of hydrogen-bond donors (Lipinski definition) is 1. The summed E-state index contributed by atoms with van der Waals surface area (Å²) in [6.45, 7) is 0. The normalized spacial score (nSPS) is 10.8. The Labute approximate surface area is 102 Å².